The van der Waals surface area contributed by atoms with Crippen molar-refractivity contribution in [3.8, 4) is 5.75 Å². The fourth-order valence-electron chi connectivity index (χ4n) is 5.87. The normalized spacial score (nSPS) is 28.6. The summed E-state index contributed by atoms with van der Waals surface area (Å²) in [6.45, 7) is 2.75. The van der Waals surface area contributed by atoms with Crippen molar-refractivity contribution >= 4 is 11.7 Å². The van der Waals surface area contributed by atoms with Crippen molar-refractivity contribution in [1.29, 1.82) is 0 Å². The van der Waals surface area contributed by atoms with Crippen LogP contribution in [0.3, 0.4) is 0 Å². The Balaban J connectivity index is 1.33. The largest absolute Gasteiger partial charge is 0.497 e. The maximum atomic E-state index is 13.1. The van der Waals surface area contributed by atoms with Crippen LogP contribution >= 0.6 is 0 Å². The molecule has 2 bridgehead atoms. The molecule has 0 spiro atoms. The molecule has 6 heteroatoms. The Bertz CT molecular complexity index is 898. The van der Waals surface area contributed by atoms with Crippen molar-refractivity contribution < 1.29 is 9.53 Å². The number of piperidine rings is 3. The van der Waals surface area contributed by atoms with Gasteiger partial charge in [0.2, 0.25) is 0 Å². The molecule has 3 fully saturated rings. The first-order valence-corrected chi connectivity index (χ1v) is 11.0. The quantitative estimate of drug-likeness (QED) is 0.846. The average Bonchev–Trinajstić information content (AvgIpc) is 2.79. The van der Waals surface area contributed by atoms with Gasteiger partial charge in [-0.1, -0.05) is 12.1 Å². The number of fused-ring (bicyclic) bond motifs is 4. The van der Waals surface area contributed by atoms with Gasteiger partial charge in [0, 0.05) is 37.9 Å². The highest BCUT2D eigenvalue weighted by Crippen LogP contribution is 2.44. The van der Waals surface area contributed by atoms with Gasteiger partial charge in [-0.2, -0.15) is 0 Å². The number of aromatic nitrogens is 1. The predicted molar refractivity (Wildman–Crippen MR) is 116 cm³/mol. The standard InChI is InChI=1S/C24H30N4O2/c1-30-20-8-5-17(6-9-20)21-3-2-4-22-19-11-16(14-28(21)22)13-27(15-19)24(29)18-7-10-23(25)26-12-18/h5-10,12,16,19,21-22H,2-4,11,13-15H2,1H3,(H2,25,26)/t16-,19+,21+,22-/m0/s1. The topological polar surface area (TPSA) is 71.7 Å². The van der Waals surface area contributed by atoms with Crippen LogP contribution in [0.5, 0.6) is 5.75 Å². The van der Waals surface area contributed by atoms with Crippen LogP contribution in [-0.4, -0.2) is 53.5 Å². The number of carbonyl (C=O) groups excluding carboxylic acids is 1. The Hall–Kier alpha value is -2.60. The molecular weight excluding hydrogens is 376 g/mol. The summed E-state index contributed by atoms with van der Waals surface area (Å²) in [6.07, 6.45) is 6.53. The molecule has 5 rings (SSSR count). The molecule has 0 radical (unpaired) electrons. The summed E-state index contributed by atoms with van der Waals surface area (Å²) in [6, 6.07) is 13.1. The van der Waals surface area contributed by atoms with Crippen LogP contribution in [0.4, 0.5) is 5.82 Å². The Morgan fingerprint density at radius 2 is 1.93 bits per heavy atom. The molecule has 2 aromatic rings. The van der Waals surface area contributed by atoms with Crippen molar-refractivity contribution in [2.45, 2.75) is 37.8 Å². The summed E-state index contributed by atoms with van der Waals surface area (Å²) < 4.78 is 5.34. The van der Waals surface area contributed by atoms with Gasteiger partial charge in [-0.15, -0.1) is 0 Å². The van der Waals surface area contributed by atoms with Crippen LogP contribution in [-0.2, 0) is 0 Å². The van der Waals surface area contributed by atoms with Crippen LogP contribution in [0.2, 0.25) is 0 Å². The molecule has 6 nitrogen and oxygen atoms in total. The van der Waals surface area contributed by atoms with Crippen LogP contribution in [0, 0.1) is 11.8 Å². The second kappa shape index (κ2) is 7.91. The van der Waals surface area contributed by atoms with Gasteiger partial charge in [0.25, 0.3) is 5.91 Å². The van der Waals surface area contributed by atoms with E-state index < -0.39 is 0 Å². The molecule has 0 unspecified atom stereocenters. The van der Waals surface area contributed by atoms with Crippen LogP contribution in [0.15, 0.2) is 42.6 Å². The van der Waals surface area contributed by atoms with E-state index in [1.807, 2.05) is 0 Å². The van der Waals surface area contributed by atoms with Gasteiger partial charge < -0.3 is 15.4 Å². The van der Waals surface area contributed by atoms with E-state index in [0.29, 0.717) is 35.3 Å². The fourth-order valence-corrected chi connectivity index (χ4v) is 5.87. The lowest BCUT2D eigenvalue weighted by molar-refractivity contribution is -0.0511. The third-order valence-electron chi connectivity index (χ3n) is 7.21. The minimum Gasteiger partial charge on any atom is -0.497 e. The summed E-state index contributed by atoms with van der Waals surface area (Å²) in [5, 5.41) is 0. The van der Waals surface area contributed by atoms with E-state index >= 15 is 0 Å². The molecule has 30 heavy (non-hydrogen) atoms. The Labute approximate surface area is 178 Å². The van der Waals surface area contributed by atoms with E-state index in [2.05, 4.69) is 39.0 Å². The zero-order valence-electron chi connectivity index (χ0n) is 17.5. The minimum atomic E-state index is 0.0909. The monoisotopic (exact) mass is 406 g/mol. The van der Waals surface area contributed by atoms with E-state index in [0.717, 1.165) is 25.4 Å². The zero-order valence-corrected chi connectivity index (χ0v) is 17.5. The highest BCUT2D eigenvalue weighted by Gasteiger charge is 2.45. The zero-order chi connectivity index (χ0) is 20.7. The lowest BCUT2D eigenvalue weighted by Gasteiger charge is -2.55. The van der Waals surface area contributed by atoms with E-state index in [4.69, 9.17) is 10.5 Å². The number of pyridine rings is 1. The summed E-state index contributed by atoms with van der Waals surface area (Å²) in [4.78, 5) is 22.0. The summed E-state index contributed by atoms with van der Waals surface area (Å²) in [5.41, 5.74) is 7.71. The number of nitrogen functional groups attached to an aromatic ring is 1. The van der Waals surface area contributed by atoms with E-state index in [1.54, 1.807) is 25.4 Å². The molecule has 3 saturated heterocycles. The van der Waals surface area contributed by atoms with E-state index in [-0.39, 0.29) is 5.91 Å². The van der Waals surface area contributed by atoms with Crippen LogP contribution < -0.4 is 10.5 Å². The second-order valence-corrected chi connectivity index (χ2v) is 9.03. The fraction of sp³-hybridized carbons (Fsp3) is 0.500. The van der Waals surface area contributed by atoms with E-state index in [9.17, 15) is 4.79 Å². The van der Waals surface area contributed by atoms with Gasteiger partial charge in [-0.3, -0.25) is 9.69 Å². The molecule has 1 aromatic carbocycles. The predicted octanol–water partition coefficient (Wildman–Crippen LogP) is 3.36. The Morgan fingerprint density at radius 3 is 2.67 bits per heavy atom. The van der Waals surface area contributed by atoms with E-state index in [1.165, 1.54) is 31.2 Å². The molecule has 4 heterocycles. The van der Waals surface area contributed by atoms with Gasteiger partial charge in [-0.25, -0.2) is 4.98 Å². The molecule has 1 aromatic heterocycles. The number of carbonyl (C=O) groups is 1. The lowest BCUT2D eigenvalue weighted by Crippen LogP contribution is -2.60. The third kappa shape index (κ3) is 3.54. The minimum absolute atomic E-state index is 0.0909. The highest BCUT2D eigenvalue weighted by atomic mass is 16.5. The first-order valence-electron chi connectivity index (χ1n) is 11.0. The van der Waals surface area contributed by atoms with Gasteiger partial charge >= 0.3 is 0 Å². The number of nitrogens with two attached hydrogens (primary N) is 1. The van der Waals surface area contributed by atoms with Gasteiger partial charge in [-0.05, 0) is 67.3 Å². The van der Waals surface area contributed by atoms with Crippen molar-refractivity contribution in [2.24, 2.45) is 11.8 Å². The molecule has 0 aliphatic carbocycles. The molecule has 4 atom stereocenters. The number of rotatable bonds is 3. The number of anilines is 1. The smallest absolute Gasteiger partial charge is 0.255 e. The molecule has 3 aliphatic rings. The lowest BCUT2D eigenvalue weighted by atomic mass is 9.74. The molecule has 0 saturated carbocycles. The average molecular weight is 407 g/mol. The number of nitrogens with zero attached hydrogens (tertiary/aromatic N) is 3. The van der Waals surface area contributed by atoms with Crippen LogP contribution in [0.1, 0.15) is 47.6 Å². The summed E-state index contributed by atoms with van der Waals surface area (Å²) >= 11 is 0. The third-order valence-corrected chi connectivity index (χ3v) is 7.21. The molecule has 2 N–H and O–H groups in total. The number of amides is 1. The molecule has 158 valence electrons. The Kier molecular flexibility index (Phi) is 5.11. The first-order chi connectivity index (χ1) is 14.6. The number of likely N-dealkylation sites (tertiary alicyclic amines) is 1. The number of benzene rings is 1. The number of hydrogen-bond donors (Lipinski definition) is 1. The van der Waals surface area contributed by atoms with Gasteiger partial charge in [0.1, 0.15) is 11.6 Å². The van der Waals surface area contributed by atoms with Crippen molar-refractivity contribution in [3.05, 3.63) is 53.7 Å². The molecule has 3 aliphatic heterocycles. The molecular formula is C24H30N4O2. The summed E-state index contributed by atoms with van der Waals surface area (Å²) in [5.74, 6) is 2.53. The van der Waals surface area contributed by atoms with Crippen molar-refractivity contribution in [3.63, 3.8) is 0 Å². The van der Waals surface area contributed by atoms with Crippen molar-refractivity contribution in [2.75, 3.05) is 32.5 Å². The number of methoxy groups -OCH3 is 1. The Morgan fingerprint density at radius 1 is 1.10 bits per heavy atom. The first kappa shape index (κ1) is 19.4. The van der Waals surface area contributed by atoms with Crippen molar-refractivity contribution in [1.82, 2.24) is 14.8 Å². The highest BCUT2D eigenvalue weighted by molar-refractivity contribution is 5.94. The van der Waals surface area contributed by atoms with Gasteiger partial charge in [0.05, 0.1) is 12.7 Å². The SMILES string of the molecule is COc1ccc([C@H]2CCC[C@H]3[C@@H]4C[C@@H](CN(C(=O)c5ccc(N)nc5)C4)CN23)cc1. The van der Waals surface area contributed by atoms with Crippen LogP contribution in [0.25, 0.3) is 0 Å². The summed E-state index contributed by atoms with van der Waals surface area (Å²) in [7, 11) is 1.71. The molecule has 1 amide bonds. The second-order valence-electron chi connectivity index (χ2n) is 9.03. The number of hydrogen-bond acceptors (Lipinski definition) is 5. The maximum Gasteiger partial charge on any atom is 0.255 e. The maximum absolute atomic E-state index is 13.1. The van der Waals surface area contributed by atoms with Gasteiger partial charge in [0.15, 0.2) is 0 Å². The number of ether oxygens (including phenoxy) is 1.